The zero-order chi connectivity index (χ0) is 15.4. The van der Waals surface area contributed by atoms with Gasteiger partial charge in [0.05, 0.1) is 5.69 Å². The third-order valence-corrected chi connectivity index (χ3v) is 5.23. The van der Waals surface area contributed by atoms with E-state index in [-0.39, 0.29) is 5.91 Å². The van der Waals surface area contributed by atoms with Gasteiger partial charge in [-0.25, -0.2) is 4.98 Å². The second-order valence-corrected chi connectivity index (χ2v) is 6.70. The van der Waals surface area contributed by atoms with Crippen molar-refractivity contribution in [3.8, 4) is 10.6 Å². The van der Waals surface area contributed by atoms with Gasteiger partial charge in [0.2, 0.25) is 0 Å². The minimum atomic E-state index is 0.00290. The first-order chi connectivity index (χ1) is 10.7. The van der Waals surface area contributed by atoms with E-state index in [0.717, 1.165) is 47.2 Å². The highest BCUT2D eigenvalue weighted by Gasteiger charge is 2.17. The Hall–Kier alpha value is -1.72. The van der Waals surface area contributed by atoms with Crippen LogP contribution in [-0.4, -0.2) is 30.5 Å². The van der Waals surface area contributed by atoms with Crippen molar-refractivity contribution in [2.24, 2.45) is 5.92 Å². The molecule has 2 aromatic rings. The Kier molecular flexibility index (Phi) is 4.85. The van der Waals surface area contributed by atoms with E-state index < -0.39 is 0 Å². The number of benzene rings is 1. The van der Waals surface area contributed by atoms with Gasteiger partial charge in [-0.05, 0) is 38.8 Å². The number of carbonyl (C=O) groups is 1. The molecule has 1 aliphatic rings. The SMILES string of the molecule is Cc1nc(-c2ccccc2)sc1C(=O)NCCC1CCNC1. The Morgan fingerprint density at radius 3 is 2.95 bits per heavy atom. The van der Waals surface area contributed by atoms with Gasteiger partial charge >= 0.3 is 0 Å². The molecule has 1 aromatic carbocycles. The van der Waals surface area contributed by atoms with Crippen LogP contribution in [0.5, 0.6) is 0 Å². The molecule has 0 saturated carbocycles. The van der Waals surface area contributed by atoms with Gasteiger partial charge in [-0.3, -0.25) is 4.79 Å². The maximum atomic E-state index is 12.3. The molecule has 4 nitrogen and oxygen atoms in total. The summed E-state index contributed by atoms with van der Waals surface area (Å²) in [5, 5.41) is 7.29. The van der Waals surface area contributed by atoms with Gasteiger partial charge in [-0.2, -0.15) is 0 Å². The van der Waals surface area contributed by atoms with Crippen LogP contribution in [0.3, 0.4) is 0 Å². The third-order valence-electron chi connectivity index (χ3n) is 4.02. The fraction of sp³-hybridized carbons (Fsp3) is 0.412. The lowest BCUT2D eigenvalue weighted by molar-refractivity contribution is 0.0955. The number of carbonyl (C=O) groups excluding carboxylic acids is 1. The zero-order valence-electron chi connectivity index (χ0n) is 12.8. The average Bonchev–Trinajstić information content (AvgIpc) is 3.17. The Bertz CT molecular complexity index is 633. The van der Waals surface area contributed by atoms with Gasteiger partial charge in [-0.15, -0.1) is 11.3 Å². The Labute approximate surface area is 135 Å². The number of thiazole rings is 1. The van der Waals surface area contributed by atoms with Crippen LogP contribution in [0.15, 0.2) is 30.3 Å². The first kappa shape index (κ1) is 15.2. The summed E-state index contributed by atoms with van der Waals surface area (Å²) in [7, 11) is 0. The molecule has 0 spiro atoms. The fourth-order valence-electron chi connectivity index (χ4n) is 2.74. The molecule has 116 valence electrons. The number of amides is 1. The largest absolute Gasteiger partial charge is 0.351 e. The van der Waals surface area contributed by atoms with Crippen molar-refractivity contribution < 1.29 is 4.79 Å². The highest BCUT2D eigenvalue weighted by atomic mass is 32.1. The maximum absolute atomic E-state index is 12.3. The highest BCUT2D eigenvalue weighted by molar-refractivity contribution is 7.17. The first-order valence-corrected chi connectivity index (χ1v) is 8.57. The van der Waals surface area contributed by atoms with Gasteiger partial charge < -0.3 is 10.6 Å². The van der Waals surface area contributed by atoms with Crippen molar-refractivity contribution in [2.45, 2.75) is 19.8 Å². The zero-order valence-corrected chi connectivity index (χ0v) is 13.6. The Morgan fingerprint density at radius 1 is 1.41 bits per heavy atom. The predicted molar refractivity (Wildman–Crippen MR) is 90.2 cm³/mol. The normalized spacial score (nSPS) is 17.6. The number of aryl methyl sites for hydroxylation is 1. The third kappa shape index (κ3) is 3.54. The van der Waals surface area contributed by atoms with Crippen LogP contribution >= 0.6 is 11.3 Å². The first-order valence-electron chi connectivity index (χ1n) is 7.76. The Balaban J connectivity index is 1.61. The van der Waals surface area contributed by atoms with E-state index in [1.54, 1.807) is 0 Å². The molecular formula is C17H21N3OS. The molecule has 2 heterocycles. The second-order valence-electron chi connectivity index (χ2n) is 5.70. The Morgan fingerprint density at radius 2 is 2.23 bits per heavy atom. The molecule has 1 aromatic heterocycles. The van der Waals surface area contributed by atoms with E-state index in [1.165, 1.54) is 17.8 Å². The summed E-state index contributed by atoms with van der Waals surface area (Å²) in [6, 6.07) is 10.00. The molecule has 0 bridgehead atoms. The van der Waals surface area contributed by atoms with E-state index in [0.29, 0.717) is 5.92 Å². The minimum absolute atomic E-state index is 0.00290. The van der Waals surface area contributed by atoms with Crippen LogP contribution in [0.4, 0.5) is 0 Å². The molecule has 1 unspecified atom stereocenters. The molecule has 1 atom stereocenters. The molecule has 0 aliphatic carbocycles. The van der Waals surface area contributed by atoms with E-state index >= 15 is 0 Å². The van der Waals surface area contributed by atoms with Crippen molar-refractivity contribution in [3.63, 3.8) is 0 Å². The summed E-state index contributed by atoms with van der Waals surface area (Å²) >= 11 is 1.47. The van der Waals surface area contributed by atoms with E-state index in [1.807, 2.05) is 37.3 Å². The molecular weight excluding hydrogens is 294 g/mol. The summed E-state index contributed by atoms with van der Waals surface area (Å²) in [5.41, 5.74) is 1.87. The number of nitrogens with one attached hydrogen (secondary N) is 2. The molecule has 1 fully saturated rings. The van der Waals surface area contributed by atoms with E-state index in [9.17, 15) is 4.79 Å². The molecule has 3 rings (SSSR count). The van der Waals surface area contributed by atoms with Gasteiger partial charge in [0.1, 0.15) is 9.88 Å². The van der Waals surface area contributed by atoms with Crippen LogP contribution < -0.4 is 10.6 Å². The average molecular weight is 315 g/mol. The standard InChI is InChI=1S/C17H21N3OS/c1-12-15(16(21)19-10-8-13-7-9-18-11-13)22-17(20-12)14-5-3-2-4-6-14/h2-6,13,18H,7-11H2,1H3,(H,19,21). The van der Waals surface area contributed by atoms with E-state index in [2.05, 4.69) is 15.6 Å². The molecule has 1 amide bonds. The van der Waals surface area contributed by atoms with Crippen LogP contribution in [0.2, 0.25) is 0 Å². The number of hydrogen-bond acceptors (Lipinski definition) is 4. The quantitative estimate of drug-likeness (QED) is 0.892. The van der Waals surface area contributed by atoms with Gasteiger partial charge in [0.15, 0.2) is 0 Å². The van der Waals surface area contributed by atoms with Crippen molar-refractivity contribution >= 4 is 17.2 Å². The molecule has 2 N–H and O–H groups in total. The van der Waals surface area contributed by atoms with Gasteiger partial charge in [0, 0.05) is 12.1 Å². The summed E-state index contributed by atoms with van der Waals surface area (Å²) < 4.78 is 0. The topological polar surface area (TPSA) is 54.0 Å². The van der Waals surface area contributed by atoms with Crippen molar-refractivity contribution in [1.82, 2.24) is 15.6 Å². The molecule has 1 aliphatic heterocycles. The molecule has 22 heavy (non-hydrogen) atoms. The lowest BCUT2D eigenvalue weighted by Gasteiger charge is -2.08. The van der Waals surface area contributed by atoms with Crippen LogP contribution in [0.1, 0.15) is 28.2 Å². The number of rotatable bonds is 5. The second kappa shape index (κ2) is 7.03. The number of aromatic nitrogens is 1. The van der Waals surface area contributed by atoms with Crippen LogP contribution in [0.25, 0.3) is 10.6 Å². The number of hydrogen-bond donors (Lipinski definition) is 2. The summed E-state index contributed by atoms with van der Waals surface area (Å²) in [4.78, 5) is 17.6. The lowest BCUT2D eigenvalue weighted by atomic mass is 10.1. The monoisotopic (exact) mass is 315 g/mol. The van der Waals surface area contributed by atoms with Gasteiger partial charge in [-0.1, -0.05) is 30.3 Å². The van der Waals surface area contributed by atoms with Crippen molar-refractivity contribution in [1.29, 1.82) is 0 Å². The van der Waals surface area contributed by atoms with Crippen LogP contribution in [0, 0.1) is 12.8 Å². The summed E-state index contributed by atoms with van der Waals surface area (Å²) in [6.07, 6.45) is 2.26. The summed E-state index contributed by atoms with van der Waals surface area (Å²) in [6.45, 7) is 4.82. The smallest absolute Gasteiger partial charge is 0.263 e. The maximum Gasteiger partial charge on any atom is 0.263 e. The number of nitrogens with zero attached hydrogens (tertiary/aromatic N) is 1. The van der Waals surface area contributed by atoms with Crippen molar-refractivity contribution in [2.75, 3.05) is 19.6 Å². The highest BCUT2D eigenvalue weighted by Crippen LogP contribution is 2.27. The fourth-order valence-corrected chi connectivity index (χ4v) is 3.73. The molecule has 5 heteroatoms. The van der Waals surface area contributed by atoms with Crippen LogP contribution in [-0.2, 0) is 0 Å². The predicted octanol–water partition coefficient (Wildman–Crippen LogP) is 2.85. The minimum Gasteiger partial charge on any atom is -0.351 e. The molecule has 1 saturated heterocycles. The lowest BCUT2D eigenvalue weighted by Crippen LogP contribution is -2.26. The summed E-state index contributed by atoms with van der Waals surface area (Å²) in [5.74, 6) is 0.700. The van der Waals surface area contributed by atoms with Crippen molar-refractivity contribution in [3.05, 3.63) is 40.9 Å². The van der Waals surface area contributed by atoms with E-state index in [4.69, 9.17) is 0 Å². The van der Waals surface area contributed by atoms with Gasteiger partial charge in [0.25, 0.3) is 5.91 Å². The molecule has 0 radical (unpaired) electrons.